The van der Waals surface area contributed by atoms with Crippen molar-refractivity contribution in [2.45, 2.75) is 18.7 Å². The van der Waals surface area contributed by atoms with Crippen molar-refractivity contribution in [2.24, 2.45) is 0 Å². The summed E-state index contributed by atoms with van der Waals surface area (Å²) in [4.78, 5) is 27.6. The Kier molecular flexibility index (Phi) is 5.33. The maximum absolute atomic E-state index is 12.5. The molecule has 2 aromatic rings. The summed E-state index contributed by atoms with van der Waals surface area (Å²) in [5.74, 6) is -1.08. The number of nitriles is 1. The van der Waals surface area contributed by atoms with Gasteiger partial charge in [-0.1, -0.05) is 41.6 Å². The molecule has 0 spiro atoms. The number of para-hydroxylation sites is 1. The van der Waals surface area contributed by atoms with Gasteiger partial charge in [-0.2, -0.15) is 5.26 Å². The average molecular weight is 378 g/mol. The van der Waals surface area contributed by atoms with Crippen LogP contribution in [0.1, 0.15) is 21.5 Å². The normalized spacial score (nSPS) is 14.4. The van der Waals surface area contributed by atoms with Crippen LogP contribution in [0.3, 0.4) is 0 Å². The maximum atomic E-state index is 12.5. The van der Waals surface area contributed by atoms with Gasteiger partial charge in [0.2, 0.25) is 5.78 Å². The van der Waals surface area contributed by atoms with Gasteiger partial charge in [0.25, 0.3) is 0 Å². The molecule has 1 aliphatic heterocycles. The van der Waals surface area contributed by atoms with E-state index in [1.54, 1.807) is 13.1 Å². The van der Waals surface area contributed by atoms with Gasteiger partial charge < -0.3 is 9.64 Å². The fourth-order valence-corrected chi connectivity index (χ4v) is 3.95. The molecule has 0 radical (unpaired) electrons. The van der Waals surface area contributed by atoms with Gasteiger partial charge in [-0.05, 0) is 37.6 Å². The van der Waals surface area contributed by atoms with E-state index in [1.807, 2.05) is 61.2 Å². The fourth-order valence-electron chi connectivity index (χ4n) is 2.79. The number of esters is 1. The molecule has 0 N–H and O–H groups in total. The van der Waals surface area contributed by atoms with Crippen molar-refractivity contribution in [1.82, 2.24) is 0 Å². The number of fused-ring (bicyclic) bond motifs is 1. The van der Waals surface area contributed by atoms with Crippen molar-refractivity contribution in [2.75, 3.05) is 18.6 Å². The number of Topliss-reactive ketones (excluding diaryl/α,β-unsaturated/α-hetero) is 1. The third kappa shape index (κ3) is 3.74. The monoisotopic (exact) mass is 378 g/mol. The van der Waals surface area contributed by atoms with Crippen molar-refractivity contribution in [3.05, 3.63) is 69.8 Å². The zero-order chi connectivity index (χ0) is 19.6. The highest BCUT2D eigenvalue weighted by atomic mass is 32.2. The molecule has 27 heavy (non-hydrogen) atoms. The fraction of sp³-hybridized carbons (Fsp3) is 0.190. The van der Waals surface area contributed by atoms with Gasteiger partial charge in [-0.15, -0.1) is 0 Å². The molecular weight excluding hydrogens is 360 g/mol. The Hall–Kier alpha value is -3.04. The first-order valence-electron chi connectivity index (χ1n) is 8.35. The highest BCUT2D eigenvalue weighted by Crippen LogP contribution is 2.46. The number of benzene rings is 2. The van der Waals surface area contributed by atoms with E-state index in [1.165, 1.54) is 11.8 Å². The lowest BCUT2D eigenvalue weighted by atomic mass is 10.1. The van der Waals surface area contributed by atoms with Gasteiger partial charge in [0.15, 0.2) is 6.61 Å². The number of thioether (sulfide) groups is 1. The highest BCUT2D eigenvalue weighted by Gasteiger charge is 2.28. The van der Waals surface area contributed by atoms with Crippen molar-refractivity contribution >= 4 is 29.2 Å². The lowest BCUT2D eigenvalue weighted by molar-refractivity contribution is -0.118. The number of rotatable bonds is 4. The minimum atomic E-state index is -0.567. The van der Waals surface area contributed by atoms with Gasteiger partial charge in [0.05, 0.1) is 11.3 Å². The number of hydrogen-bond acceptors (Lipinski definition) is 6. The molecule has 0 aromatic heterocycles. The quantitative estimate of drug-likeness (QED) is 0.455. The van der Waals surface area contributed by atoms with E-state index in [0.717, 1.165) is 21.7 Å². The summed E-state index contributed by atoms with van der Waals surface area (Å²) in [6.07, 6.45) is 0. The molecule has 0 unspecified atom stereocenters. The van der Waals surface area contributed by atoms with Crippen LogP contribution in [-0.2, 0) is 9.53 Å². The molecule has 0 bridgehead atoms. The second kappa shape index (κ2) is 7.68. The van der Waals surface area contributed by atoms with Gasteiger partial charge in [0.1, 0.15) is 16.7 Å². The molecule has 2 aromatic carbocycles. The topological polar surface area (TPSA) is 70.4 Å². The van der Waals surface area contributed by atoms with Crippen LogP contribution in [0, 0.1) is 25.2 Å². The highest BCUT2D eigenvalue weighted by molar-refractivity contribution is 8.03. The summed E-state index contributed by atoms with van der Waals surface area (Å²) in [6.45, 7) is 3.22. The molecule has 0 saturated heterocycles. The first kappa shape index (κ1) is 18.7. The van der Waals surface area contributed by atoms with Gasteiger partial charge >= 0.3 is 5.97 Å². The summed E-state index contributed by atoms with van der Waals surface area (Å²) in [6, 6.07) is 15.1. The number of aryl methyl sites for hydroxylation is 2. The first-order chi connectivity index (χ1) is 12.9. The van der Waals surface area contributed by atoms with E-state index in [9.17, 15) is 14.9 Å². The van der Waals surface area contributed by atoms with Crippen molar-refractivity contribution < 1.29 is 14.3 Å². The van der Waals surface area contributed by atoms with Crippen LogP contribution in [-0.4, -0.2) is 25.4 Å². The van der Waals surface area contributed by atoms with E-state index >= 15 is 0 Å². The summed E-state index contributed by atoms with van der Waals surface area (Å²) in [5.41, 5.74) is 3.06. The third-order valence-electron chi connectivity index (χ3n) is 4.29. The predicted molar refractivity (Wildman–Crippen MR) is 105 cm³/mol. The third-order valence-corrected chi connectivity index (χ3v) is 5.53. The van der Waals surface area contributed by atoms with Gasteiger partial charge in [-0.25, -0.2) is 4.79 Å². The van der Waals surface area contributed by atoms with E-state index in [2.05, 4.69) is 0 Å². The number of hydrogen-bond donors (Lipinski definition) is 0. The largest absolute Gasteiger partial charge is 0.454 e. The van der Waals surface area contributed by atoms with Crippen LogP contribution in [0.25, 0.3) is 0 Å². The molecule has 1 aliphatic rings. The van der Waals surface area contributed by atoms with E-state index < -0.39 is 18.4 Å². The van der Waals surface area contributed by atoms with E-state index in [-0.39, 0.29) is 5.57 Å². The molecule has 0 aliphatic carbocycles. The van der Waals surface area contributed by atoms with Crippen LogP contribution in [0.15, 0.2) is 58.0 Å². The summed E-state index contributed by atoms with van der Waals surface area (Å²) >= 11 is 1.36. The Morgan fingerprint density at radius 1 is 1.19 bits per heavy atom. The molecule has 5 nitrogen and oxygen atoms in total. The maximum Gasteiger partial charge on any atom is 0.338 e. The smallest absolute Gasteiger partial charge is 0.338 e. The first-order valence-corrected chi connectivity index (χ1v) is 9.16. The lowest BCUT2D eigenvalue weighted by Gasteiger charge is -2.14. The van der Waals surface area contributed by atoms with Crippen molar-refractivity contribution in [3.8, 4) is 6.07 Å². The number of carbonyl (C=O) groups is 2. The Balaban J connectivity index is 1.76. The zero-order valence-corrected chi connectivity index (χ0v) is 16.1. The Bertz CT molecular complexity index is 1000. The molecule has 136 valence electrons. The van der Waals surface area contributed by atoms with Crippen LogP contribution in [0.2, 0.25) is 0 Å². The molecule has 3 rings (SSSR count). The Morgan fingerprint density at radius 3 is 2.63 bits per heavy atom. The molecule has 0 fully saturated rings. The molecule has 0 saturated carbocycles. The number of ketones is 1. The Labute approximate surface area is 162 Å². The molecular formula is C21H18N2O3S. The van der Waals surface area contributed by atoms with Crippen LogP contribution in [0.5, 0.6) is 0 Å². The van der Waals surface area contributed by atoms with E-state index in [4.69, 9.17) is 4.74 Å². The number of ether oxygens (including phenoxy) is 1. The van der Waals surface area contributed by atoms with Crippen LogP contribution in [0.4, 0.5) is 5.69 Å². The molecule has 1 heterocycles. The second-order valence-electron chi connectivity index (χ2n) is 6.24. The number of carbonyl (C=O) groups excluding carboxylic acids is 2. The number of nitrogens with zero attached hydrogens (tertiary/aromatic N) is 2. The summed E-state index contributed by atoms with van der Waals surface area (Å²) < 4.78 is 5.18. The van der Waals surface area contributed by atoms with Crippen molar-refractivity contribution in [3.63, 3.8) is 0 Å². The second-order valence-corrected chi connectivity index (χ2v) is 7.27. The van der Waals surface area contributed by atoms with Crippen LogP contribution >= 0.6 is 11.8 Å². The summed E-state index contributed by atoms with van der Waals surface area (Å²) in [7, 11) is 1.81. The minimum absolute atomic E-state index is 0.00698. The van der Waals surface area contributed by atoms with E-state index in [0.29, 0.717) is 10.6 Å². The molecule has 6 heteroatoms. The molecule has 0 atom stereocenters. The standard InChI is InChI=1S/C21H18N2O3S/c1-13-8-9-14(2)15(10-13)21(25)26-12-18(24)16(11-22)20-23(3)17-6-4-5-7-19(17)27-20/h4-10H,12H2,1-3H3/b20-16-. The Morgan fingerprint density at radius 2 is 1.93 bits per heavy atom. The number of anilines is 1. The van der Waals surface area contributed by atoms with Crippen molar-refractivity contribution in [1.29, 1.82) is 5.26 Å². The summed E-state index contributed by atoms with van der Waals surface area (Å²) in [5, 5.41) is 10.1. The van der Waals surface area contributed by atoms with Crippen LogP contribution < -0.4 is 4.90 Å². The lowest BCUT2D eigenvalue weighted by Crippen LogP contribution is -2.20. The zero-order valence-electron chi connectivity index (χ0n) is 15.3. The predicted octanol–water partition coefficient (Wildman–Crippen LogP) is 4.01. The minimum Gasteiger partial charge on any atom is -0.454 e. The SMILES string of the molecule is Cc1ccc(C)c(C(=O)OCC(=O)/C(C#N)=C2\Sc3ccccc3N2C)c1. The van der Waals surface area contributed by atoms with Gasteiger partial charge in [0, 0.05) is 11.9 Å². The average Bonchev–Trinajstić information content (AvgIpc) is 2.99. The van der Waals surface area contributed by atoms with Gasteiger partial charge in [-0.3, -0.25) is 4.79 Å². The molecule has 0 amide bonds.